The van der Waals surface area contributed by atoms with Crippen LogP contribution in [0.15, 0.2) is 30.3 Å². The topological polar surface area (TPSA) is 196 Å². The van der Waals surface area contributed by atoms with Crippen LogP contribution >= 0.6 is 0 Å². The van der Waals surface area contributed by atoms with Crippen LogP contribution in [0.3, 0.4) is 0 Å². The van der Waals surface area contributed by atoms with Gasteiger partial charge in [0, 0.05) is 57.1 Å². The van der Waals surface area contributed by atoms with Gasteiger partial charge in [0.15, 0.2) is 6.61 Å². The average Bonchev–Trinajstić information content (AvgIpc) is 2.96. The van der Waals surface area contributed by atoms with Gasteiger partial charge in [0.05, 0.1) is 18.0 Å². The maximum absolute atomic E-state index is 13.4. The molecule has 2 aromatic rings. The predicted molar refractivity (Wildman–Crippen MR) is 148 cm³/mol. The number of hydrogen-bond donors (Lipinski definition) is 3. The van der Waals surface area contributed by atoms with Gasteiger partial charge in [-0.1, -0.05) is 12.1 Å². The number of aromatic nitrogens is 1. The van der Waals surface area contributed by atoms with Gasteiger partial charge in [-0.05, 0) is 25.5 Å². The van der Waals surface area contributed by atoms with Gasteiger partial charge in [-0.15, -0.1) is 0 Å². The summed E-state index contributed by atoms with van der Waals surface area (Å²) in [5.74, 6) is -4.19. The number of benzene rings is 1. The van der Waals surface area contributed by atoms with E-state index in [-0.39, 0.29) is 76.8 Å². The molecule has 2 fully saturated rings. The van der Waals surface area contributed by atoms with Crippen LogP contribution in [0.1, 0.15) is 30.3 Å². The highest BCUT2D eigenvalue weighted by molar-refractivity contribution is 5.99. The summed E-state index contributed by atoms with van der Waals surface area (Å²) in [6.45, 7) is 2.52. The third-order valence-electron chi connectivity index (χ3n) is 7.21. The van der Waals surface area contributed by atoms with Gasteiger partial charge in [-0.3, -0.25) is 24.0 Å². The zero-order valence-electron chi connectivity index (χ0n) is 23.6. The molecule has 4 amide bonds. The summed E-state index contributed by atoms with van der Waals surface area (Å²) < 4.78 is 10.7. The number of carboxylic acids is 2. The molecule has 0 unspecified atom stereocenters. The number of fused-ring (bicyclic) bond motifs is 1. The normalized spacial score (nSPS) is 15.8. The second kappa shape index (κ2) is 13.8. The average molecular weight is 600 g/mol. The van der Waals surface area contributed by atoms with Crippen LogP contribution in [0.2, 0.25) is 0 Å². The first kappa shape index (κ1) is 31.0. The maximum Gasteiger partial charge on any atom is 0.409 e. The number of rotatable bonds is 11. The van der Waals surface area contributed by atoms with Crippen molar-refractivity contribution in [3.8, 4) is 5.75 Å². The Bertz CT molecular complexity index is 1400. The molecule has 0 spiro atoms. The van der Waals surface area contributed by atoms with Crippen LogP contribution in [-0.2, 0) is 23.9 Å². The Morgan fingerprint density at radius 1 is 1.00 bits per heavy atom. The van der Waals surface area contributed by atoms with Crippen molar-refractivity contribution >= 4 is 46.7 Å². The van der Waals surface area contributed by atoms with Crippen molar-refractivity contribution in [1.82, 2.24) is 25.0 Å². The molecule has 1 atom stereocenters. The molecule has 2 saturated heterocycles. The molecular weight excluding hydrogens is 566 g/mol. The highest BCUT2D eigenvalue weighted by atomic mass is 16.6. The molecule has 3 heterocycles. The lowest BCUT2D eigenvalue weighted by Gasteiger charge is -2.36. The first-order chi connectivity index (χ1) is 20.6. The molecule has 15 nitrogen and oxygen atoms in total. The zero-order chi connectivity index (χ0) is 31.1. The zero-order valence-corrected chi connectivity index (χ0v) is 23.6. The minimum atomic E-state index is -1.18. The molecule has 0 radical (unpaired) electrons. The fraction of sp³-hybridized carbons (Fsp3) is 0.464. The Balaban J connectivity index is 1.46. The smallest absolute Gasteiger partial charge is 0.409 e. The van der Waals surface area contributed by atoms with Crippen LogP contribution in [0, 0.1) is 5.92 Å². The molecule has 0 aliphatic carbocycles. The summed E-state index contributed by atoms with van der Waals surface area (Å²) in [6, 6.07) is 6.93. The Morgan fingerprint density at radius 3 is 2.33 bits per heavy atom. The Morgan fingerprint density at radius 2 is 1.67 bits per heavy atom. The number of ether oxygens (including phenoxy) is 2. The quantitative estimate of drug-likeness (QED) is 0.324. The number of nitrogens with zero attached hydrogens (tertiary/aromatic N) is 4. The molecule has 0 saturated carbocycles. The van der Waals surface area contributed by atoms with Crippen LogP contribution < -0.4 is 10.1 Å². The number of para-hydroxylation sites is 1. The molecule has 1 aromatic carbocycles. The number of carboxylic acid groups (broad SMARTS) is 2. The summed E-state index contributed by atoms with van der Waals surface area (Å²) in [7, 11) is 0. The summed E-state index contributed by atoms with van der Waals surface area (Å²) in [5.41, 5.74) is 0.271. The maximum atomic E-state index is 13.4. The van der Waals surface area contributed by atoms with Gasteiger partial charge in [0.1, 0.15) is 17.5 Å². The van der Waals surface area contributed by atoms with Gasteiger partial charge >= 0.3 is 18.0 Å². The van der Waals surface area contributed by atoms with Crippen molar-refractivity contribution in [3.05, 3.63) is 36.0 Å². The predicted octanol–water partition coefficient (Wildman–Crippen LogP) is 0.421. The Kier molecular flexibility index (Phi) is 9.95. The fourth-order valence-corrected chi connectivity index (χ4v) is 4.75. The number of likely N-dealkylation sites (tertiary alicyclic amines) is 1. The van der Waals surface area contributed by atoms with Crippen molar-refractivity contribution in [3.63, 3.8) is 0 Å². The lowest BCUT2D eigenvalue weighted by atomic mass is 10.0. The number of carbonyl (C=O) groups is 6. The Labute approximate surface area is 246 Å². The number of nitrogens with one attached hydrogen (secondary N) is 1. The second-order valence-corrected chi connectivity index (χ2v) is 10.1. The van der Waals surface area contributed by atoms with E-state index >= 15 is 0 Å². The number of pyridine rings is 1. The van der Waals surface area contributed by atoms with Crippen molar-refractivity contribution < 1.29 is 48.5 Å². The lowest BCUT2D eigenvalue weighted by Crippen LogP contribution is -2.56. The molecule has 2 aliphatic rings. The second-order valence-electron chi connectivity index (χ2n) is 10.1. The van der Waals surface area contributed by atoms with Crippen molar-refractivity contribution in [2.24, 2.45) is 5.92 Å². The lowest BCUT2D eigenvalue weighted by molar-refractivity contribution is -0.153. The van der Waals surface area contributed by atoms with E-state index in [1.807, 2.05) is 0 Å². The molecule has 4 rings (SSSR count). The van der Waals surface area contributed by atoms with Gasteiger partial charge in [-0.25, -0.2) is 9.78 Å². The van der Waals surface area contributed by atoms with Crippen LogP contribution in [0.5, 0.6) is 5.75 Å². The van der Waals surface area contributed by atoms with E-state index in [0.29, 0.717) is 10.9 Å². The highest BCUT2D eigenvalue weighted by Crippen LogP contribution is 2.26. The van der Waals surface area contributed by atoms with Gasteiger partial charge in [0.25, 0.3) is 11.8 Å². The largest absolute Gasteiger partial charge is 0.483 e. The number of aliphatic carboxylic acids is 2. The van der Waals surface area contributed by atoms with Crippen molar-refractivity contribution in [2.75, 3.05) is 52.5 Å². The van der Waals surface area contributed by atoms with Gasteiger partial charge in [0.2, 0.25) is 5.91 Å². The minimum Gasteiger partial charge on any atom is -0.483 e. The van der Waals surface area contributed by atoms with Crippen molar-refractivity contribution in [2.45, 2.75) is 25.8 Å². The number of piperazine rings is 1. The molecular formula is C28H33N5O10. The van der Waals surface area contributed by atoms with Crippen molar-refractivity contribution in [1.29, 1.82) is 0 Å². The molecule has 230 valence electrons. The van der Waals surface area contributed by atoms with E-state index in [9.17, 15) is 33.9 Å². The number of hydrogen-bond acceptors (Lipinski definition) is 9. The third kappa shape index (κ3) is 7.67. The number of amides is 4. The standard InChI is InChI=1S/C28H33N5O10/c1-2-42-28(41)32-11-9-31(10-12-32)26(38)20(7-8-24(35)36)30-25(37)21-13-22(18-5-3-4-6-19(18)29-21)43-16-23(34)33-14-17(15-33)27(39)40/h3-6,13,17,20H,2,7-12,14-16H2,1H3,(H,30,37)(H,35,36)(H,39,40)/t20-/m0/s1. The minimum absolute atomic E-state index is 0.0892. The summed E-state index contributed by atoms with van der Waals surface area (Å²) in [6.07, 6.45) is -1.03. The molecule has 3 N–H and O–H groups in total. The highest BCUT2D eigenvalue weighted by Gasteiger charge is 2.36. The first-order valence-corrected chi connectivity index (χ1v) is 13.8. The molecule has 2 aliphatic heterocycles. The first-order valence-electron chi connectivity index (χ1n) is 13.8. The van der Waals surface area contributed by atoms with E-state index in [1.165, 1.54) is 20.8 Å². The fourth-order valence-electron chi connectivity index (χ4n) is 4.75. The van der Waals surface area contributed by atoms with Crippen LogP contribution in [-0.4, -0.2) is 124 Å². The summed E-state index contributed by atoms with van der Waals surface area (Å²) in [5, 5.41) is 21.4. The van der Waals surface area contributed by atoms with Gasteiger partial charge in [-0.2, -0.15) is 0 Å². The van der Waals surface area contributed by atoms with Gasteiger partial charge < -0.3 is 39.7 Å². The van der Waals surface area contributed by atoms with E-state index < -0.39 is 47.7 Å². The number of carbonyl (C=O) groups excluding carboxylic acids is 4. The van der Waals surface area contributed by atoms with E-state index in [1.54, 1.807) is 31.2 Å². The third-order valence-corrected chi connectivity index (χ3v) is 7.21. The molecule has 15 heteroatoms. The Hall–Kier alpha value is -4.95. The summed E-state index contributed by atoms with van der Waals surface area (Å²) >= 11 is 0. The molecule has 0 bridgehead atoms. The van der Waals surface area contributed by atoms with E-state index in [4.69, 9.17) is 14.6 Å². The monoisotopic (exact) mass is 599 g/mol. The van der Waals surface area contributed by atoms with Crippen LogP contribution in [0.4, 0.5) is 4.79 Å². The van der Waals surface area contributed by atoms with Crippen LogP contribution in [0.25, 0.3) is 10.9 Å². The molecule has 43 heavy (non-hydrogen) atoms. The van der Waals surface area contributed by atoms with E-state index in [0.717, 1.165) is 0 Å². The van der Waals surface area contributed by atoms with E-state index in [2.05, 4.69) is 10.3 Å². The SMILES string of the molecule is CCOC(=O)N1CCN(C(=O)[C@H](CCC(=O)O)NC(=O)c2cc(OCC(=O)N3CC(C(=O)O)C3)c3ccccc3n2)CC1. The summed E-state index contributed by atoms with van der Waals surface area (Å²) in [4.78, 5) is 82.2. The molecule has 1 aromatic heterocycles.